The highest BCUT2D eigenvalue weighted by atomic mass is 16.2. The van der Waals surface area contributed by atoms with E-state index in [0.717, 1.165) is 70.3 Å². The minimum atomic E-state index is -0.793. The van der Waals surface area contributed by atoms with Gasteiger partial charge in [0.1, 0.15) is 11.9 Å². The van der Waals surface area contributed by atoms with Gasteiger partial charge in [0, 0.05) is 37.0 Å². The first-order chi connectivity index (χ1) is 23.8. The molecular weight excluding hydrogens is 612 g/mol. The summed E-state index contributed by atoms with van der Waals surface area (Å²) in [6.45, 7) is 6.91. The number of nitrogens with zero attached hydrogens (tertiary/aromatic N) is 4. The Labute approximate surface area is 287 Å². The number of nitrogens with one attached hydrogen (secondary N) is 4. The van der Waals surface area contributed by atoms with E-state index in [2.05, 4.69) is 82.0 Å². The van der Waals surface area contributed by atoms with Gasteiger partial charge in [0.05, 0.1) is 18.0 Å². The Morgan fingerprint density at radius 2 is 1.67 bits per heavy atom. The van der Waals surface area contributed by atoms with Crippen LogP contribution >= 0.6 is 0 Å². The summed E-state index contributed by atoms with van der Waals surface area (Å²) in [6, 6.07) is 22.8. The largest absolute Gasteiger partial charge is 0.388 e. The third kappa shape index (κ3) is 5.78. The molecule has 0 spiro atoms. The van der Waals surface area contributed by atoms with Crippen molar-refractivity contribution in [2.45, 2.75) is 56.5 Å². The summed E-state index contributed by atoms with van der Waals surface area (Å²) in [4.78, 5) is 31.6. The van der Waals surface area contributed by atoms with Crippen molar-refractivity contribution < 1.29 is 9.59 Å². The molecule has 0 radical (unpaired) electrons. The van der Waals surface area contributed by atoms with Crippen molar-refractivity contribution in [2.75, 3.05) is 27.2 Å². The number of aryl methyl sites for hydroxylation is 3. The number of carbonyl (C=O) groups excluding carboxylic acids is 2. The lowest BCUT2D eigenvalue weighted by atomic mass is 9.69. The van der Waals surface area contributed by atoms with Gasteiger partial charge < -0.3 is 25.8 Å². The molecule has 4 aromatic rings. The second kappa shape index (κ2) is 13.0. The number of carbonyl (C=O) groups is 2. The maximum absolute atomic E-state index is 13.4. The van der Waals surface area contributed by atoms with Crippen molar-refractivity contribution in [3.63, 3.8) is 0 Å². The number of nitriles is 1. The predicted octanol–water partition coefficient (Wildman–Crippen LogP) is 4.26. The third-order valence-electron chi connectivity index (χ3n) is 10.6. The molecule has 3 aromatic carbocycles. The van der Waals surface area contributed by atoms with Crippen LogP contribution in [0.1, 0.15) is 68.8 Å². The molecule has 10 heteroatoms. The van der Waals surface area contributed by atoms with Gasteiger partial charge in [-0.1, -0.05) is 54.6 Å². The monoisotopic (exact) mass is 654 g/mol. The van der Waals surface area contributed by atoms with Crippen molar-refractivity contribution in [3.8, 4) is 17.5 Å². The van der Waals surface area contributed by atoms with Crippen LogP contribution in [-0.2, 0) is 23.1 Å². The Kier molecular flexibility index (Phi) is 8.55. The van der Waals surface area contributed by atoms with Gasteiger partial charge in [0.25, 0.3) is 5.91 Å². The van der Waals surface area contributed by atoms with Gasteiger partial charge in [0.15, 0.2) is 5.82 Å². The van der Waals surface area contributed by atoms with Gasteiger partial charge in [0.2, 0.25) is 5.91 Å². The standard InChI is InChI=1S/C39H42N8O2/c1-23-5-7-25(8-6-23)36-44-38(46-45-36)39(15-16-43-22-35(48)47-31(21-40)19-30-20-34(30)47)32-13-11-26(24(2)41-3)17-27(32)9-10-28-18-29(37(49)42-4)12-14-33(28)39/h5-8,11-14,17-18,30-31,34,41,43H,2,9-10,15-16,19-20,22H2,1,3-4H3,(H,42,49)(H,44,45,46)/t30-,31?,34+,39?/m1/s1. The zero-order chi connectivity index (χ0) is 34.3. The highest BCUT2D eigenvalue weighted by molar-refractivity contribution is 5.94. The number of amides is 2. The molecular formula is C39H42N8O2. The molecule has 4 N–H and O–H groups in total. The number of hydrogen-bond donors (Lipinski definition) is 4. The fraction of sp³-hybridized carbons (Fsp3) is 0.359. The smallest absolute Gasteiger partial charge is 0.251 e. The van der Waals surface area contributed by atoms with E-state index in [0.29, 0.717) is 36.1 Å². The van der Waals surface area contributed by atoms with Crippen LogP contribution in [0, 0.1) is 24.2 Å². The van der Waals surface area contributed by atoms with Crippen LogP contribution in [0.15, 0.2) is 67.2 Å². The number of piperidine rings is 1. The first-order valence-corrected chi connectivity index (χ1v) is 17.0. The molecule has 2 aliphatic carbocycles. The Balaban J connectivity index is 1.32. The van der Waals surface area contributed by atoms with Crippen LogP contribution in [0.4, 0.5) is 0 Å². The molecule has 0 bridgehead atoms. The van der Waals surface area contributed by atoms with Gasteiger partial charge >= 0.3 is 0 Å². The molecule has 1 saturated heterocycles. The van der Waals surface area contributed by atoms with Crippen molar-refractivity contribution >= 4 is 17.5 Å². The Morgan fingerprint density at radius 1 is 0.980 bits per heavy atom. The highest BCUT2D eigenvalue weighted by Gasteiger charge is 2.54. The molecule has 10 nitrogen and oxygen atoms in total. The van der Waals surface area contributed by atoms with Crippen LogP contribution in [0.25, 0.3) is 17.1 Å². The fourth-order valence-corrected chi connectivity index (χ4v) is 7.90. The summed E-state index contributed by atoms with van der Waals surface area (Å²) in [5.74, 6) is 1.66. The Bertz CT molecular complexity index is 1910. The molecule has 1 saturated carbocycles. The number of H-pyrrole nitrogens is 1. The minimum absolute atomic E-state index is 0.0287. The lowest BCUT2D eigenvalue weighted by molar-refractivity contribution is -0.131. The predicted molar refractivity (Wildman–Crippen MR) is 188 cm³/mol. The minimum Gasteiger partial charge on any atom is -0.388 e. The fourth-order valence-electron chi connectivity index (χ4n) is 7.90. The van der Waals surface area contributed by atoms with Crippen LogP contribution in [0.2, 0.25) is 0 Å². The quantitative estimate of drug-likeness (QED) is 0.188. The molecule has 3 aliphatic rings. The summed E-state index contributed by atoms with van der Waals surface area (Å²) in [6.07, 6.45) is 3.81. The molecule has 2 amide bonds. The third-order valence-corrected chi connectivity index (χ3v) is 10.6. The van der Waals surface area contributed by atoms with E-state index < -0.39 is 5.41 Å². The van der Waals surface area contributed by atoms with E-state index in [4.69, 9.17) is 5.10 Å². The number of benzene rings is 3. The molecule has 1 aliphatic heterocycles. The average Bonchev–Trinajstić information content (AvgIpc) is 3.56. The second-order valence-electron chi connectivity index (χ2n) is 13.5. The number of fused-ring (bicyclic) bond motifs is 3. The molecule has 2 unspecified atom stereocenters. The lowest BCUT2D eigenvalue weighted by Gasteiger charge is -2.35. The second-order valence-corrected chi connectivity index (χ2v) is 13.5. The molecule has 49 heavy (non-hydrogen) atoms. The Hall–Kier alpha value is -5.27. The number of rotatable bonds is 10. The van der Waals surface area contributed by atoms with Gasteiger partial charge in [-0.3, -0.25) is 9.59 Å². The van der Waals surface area contributed by atoms with Gasteiger partial charge in [-0.2, -0.15) is 5.26 Å². The van der Waals surface area contributed by atoms with E-state index in [-0.39, 0.29) is 30.4 Å². The zero-order valence-electron chi connectivity index (χ0n) is 28.3. The number of likely N-dealkylation sites (tertiary alicyclic amines) is 1. The number of aromatic nitrogens is 3. The first kappa shape index (κ1) is 32.3. The first-order valence-electron chi connectivity index (χ1n) is 17.0. The highest BCUT2D eigenvalue weighted by Crippen LogP contribution is 2.48. The normalized spacial score (nSPS) is 21.8. The van der Waals surface area contributed by atoms with Crippen molar-refractivity contribution in [3.05, 3.63) is 112 Å². The molecule has 4 atom stereocenters. The summed E-state index contributed by atoms with van der Waals surface area (Å²) in [7, 11) is 3.51. The van der Waals surface area contributed by atoms with E-state index in [1.54, 1.807) is 11.9 Å². The van der Waals surface area contributed by atoms with E-state index in [1.807, 2.05) is 31.3 Å². The van der Waals surface area contributed by atoms with Crippen LogP contribution < -0.4 is 16.0 Å². The van der Waals surface area contributed by atoms with E-state index >= 15 is 0 Å². The summed E-state index contributed by atoms with van der Waals surface area (Å²) >= 11 is 0. The summed E-state index contributed by atoms with van der Waals surface area (Å²) < 4.78 is 0. The maximum atomic E-state index is 13.4. The molecule has 7 rings (SSSR count). The lowest BCUT2D eigenvalue weighted by Crippen LogP contribution is -2.44. The number of aromatic amines is 1. The van der Waals surface area contributed by atoms with Crippen molar-refractivity contribution in [2.24, 2.45) is 5.92 Å². The zero-order valence-corrected chi connectivity index (χ0v) is 28.3. The Morgan fingerprint density at radius 3 is 2.35 bits per heavy atom. The van der Waals surface area contributed by atoms with Crippen LogP contribution in [0.3, 0.4) is 0 Å². The molecule has 2 heterocycles. The molecule has 1 aromatic heterocycles. The molecule has 2 fully saturated rings. The van der Waals surface area contributed by atoms with Crippen LogP contribution in [-0.4, -0.2) is 71.2 Å². The van der Waals surface area contributed by atoms with Gasteiger partial charge in [-0.25, -0.2) is 0 Å². The van der Waals surface area contributed by atoms with E-state index in [1.165, 1.54) is 0 Å². The summed E-state index contributed by atoms with van der Waals surface area (Å²) in [5.41, 5.74) is 8.09. The topological polar surface area (TPSA) is 139 Å². The van der Waals surface area contributed by atoms with E-state index in [9.17, 15) is 14.9 Å². The average molecular weight is 655 g/mol. The number of hydrogen-bond acceptors (Lipinski definition) is 7. The SMILES string of the molecule is C=C(NC)c1ccc2c(c1)CCc1cc(C(=O)NC)ccc1C2(CCNCC(=O)N1C(C#N)C[C@@H]2C[C@@H]21)c1nnc(-c2ccc(C)cc2)[nH]1. The van der Waals surface area contributed by atoms with Gasteiger partial charge in [-0.15, -0.1) is 10.2 Å². The van der Waals surface area contributed by atoms with Crippen LogP contribution in [0.5, 0.6) is 0 Å². The summed E-state index contributed by atoms with van der Waals surface area (Å²) in [5, 5.41) is 28.6. The molecule has 250 valence electrons. The van der Waals surface area contributed by atoms with Crippen molar-refractivity contribution in [1.82, 2.24) is 36.0 Å². The maximum Gasteiger partial charge on any atom is 0.251 e. The van der Waals surface area contributed by atoms with Gasteiger partial charge in [-0.05, 0) is 97.5 Å². The van der Waals surface area contributed by atoms with Crippen molar-refractivity contribution in [1.29, 1.82) is 5.26 Å².